The van der Waals surface area contributed by atoms with Crippen molar-refractivity contribution >= 4 is 11.9 Å². The van der Waals surface area contributed by atoms with E-state index in [0.717, 1.165) is 38.6 Å². The fourth-order valence-corrected chi connectivity index (χ4v) is 4.43. The number of rotatable bonds is 3. The molecule has 3 rings (SSSR count). The van der Waals surface area contributed by atoms with E-state index in [1.165, 1.54) is 11.1 Å². The van der Waals surface area contributed by atoms with Crippen LogP contribution in [0.3, 0.4) is 0 Å². The Kier molecular flexibility index (Phi) is 5.62. The fraction of sp³-hybridized carbons (Fsp3) is 0.700. The lowest BCUT2D eigenvalue weighted by Gasteiger charge is -2.27. The Bertz CT molecular complexity index is 595. The third kappa shape index (κ3) is 4.14. The Morgan fingerprint density at radius 2 is 2.08 bits per heavy atom. The largest absolute Gasteiger partial charge is 0.480 e. The number of hydrogen-bond acceptors (Lipinski definition) is 4. The van der Waals surface area contributed by atoms with Crippen molar-refractivity contribution in [1.29, 1.82) is 0 Å². The second kappa shape index (κ2) is 7.73. The molecule has 138 valence electrons. The van der Waals surface area contributed by atoms with Crippen LogP contribution in [0.4, 0.5) is 0 Å². The van der Waals surface area contributed by atoms with Crippen LogP contribution in [-0.2, 0) is 14.3 Å². The van der Waals surface area contributed by atoms with Crippen LogP contribution in [0, 0.1) is 11.8 Å². The van der Waals surface area contributed by atoms with E-state index in [9.17, 15) is 14.7 Å². The molecule has 0 aromatic heterocycles. The molecule has 0 saturated carbocycles. The minimum absolute atomic E-state index is 0.138. The molecule has 2 heterocycles. The van der Waals surface area contributed by atoms with Crippen molar-refractivity contribution in [3.63, 3.8) is 0 Å². The van der Waals surface area contributed by atoms with Crippen molar-refractivity contribution in [3.05, 3.63) is 23.3 Å². The van der Waals surface area contributed by atoms with Crippen molar-refractivity contribution in [3.8, 4) is 0 Å². The van der Waals surface area contributed by atoms with Gasteiger partial charge in [-0.1, -0.05) is 17.2 Å². The number of aliphatic carboxylic acids is 1. The van der Waals surface area contributed by atoms with Crippen molar-refractivity contribution in [2.45, 2.75) is 64.5 Å². The minimum Gasteiger partial charge on any atom is -0.480 e. The van der Waals surface area contributed by atoms with Crippen LogP contribution >= 0.6 is 0 Å². The zero-order valence-electron chi connectivity index (χ0n) is 15.2. The van der Waals surface area contributed by atoms with Crippen LogP contribution in [0.2, 0.25) is 0 Å². The van der Waals surface area contributed by atoms with Gasteiger partial charge in [0.25, 0.3) is 0 Å². The number of fused-ring (bicyclic) bond motifs is 1. The predicted molar refractivity (Wildman–Crippen MR) is 95.1 cm³/mol. The molecule has 2 aliphatic heterocycles. The molecule has 4 atom stereocenters. The van der Waals surface area contributed by atoms with Gasteiger partial charge in [-0.05, 0) is 65.0 Å². The summed E-state index contributed by atoms with van der Waals surface area (Å²) in [4.78, 5) is 26.0. The molecule has 0 amide bonds. The third-order valence-corrected chi connectivity index (χ3v) is 5.93. The number of carboxylic acids is 1. The molecular formula is C20H29NO4. The summed E-state index contributed by atoms with van der Waals surface area (Å²) in [6, 6.07) is -0.453. The summed E-state index contributed by atoms with van der Waals surface area (Å²) in [7, 11) is 0. The molecule has 0 aromatic carbocycles. The minimum atomic E-state index is -0.777. The van der Waals surface area contributed by atoms with Crippen molar-refractivity contribution in [2.24, 2.45) is 11.8 Å². The van der Waals surface area contributed by atoms with Crippen LogP contribution < -0.4 is 0 Å². The van der Waals surface area contributed by atoms with Gasteiger partial charge in [-0.2, -0.15) is 0 Å². The number of hydrogen-bond donors (Lipinski definition) is 1. The highest BCUT2D eigenvalue weighted by molar-refractivity contribution is 5.77. The van der Waals surface area contributed by atoms with Crippen LogP contribution in [0.5, 0.6) is 0 Å². The number of carbonyl (C=O) groups excluding carboxylic acids is 1. The predicted octanol–water partition coefficient (Wildman–Crippen LogP) is 3.16. The number of allylic oxidation sites excluding steroid dienone is 3. The van der Waals surface area contributed by atoms with Gasteiger partial charge in [-0.15, -0.1) is 0 Å². The van der Waals surface area contributed by atoms with Gasteiger partial charge in [-0.25, -0.2) is 0 Å². The monoisotopic (exact) mass is 347 g/mol. The van der Waals surface area contributed by atoms with Crippen LogP contribution in [0.1, 0.15) is 52.4 Å². The quantitative estimate of drug-likeness (QED) is 0.627. The SMILES string of the molecule is C/C1=C/CC/C(C)=C/[C@H]2OC(=O)[C@@H](CN3CCC[C@H]3C(=O)O)[C@@H]2CC1. The molecule has 1 N–H and O–H groups in total. The molecule has 2 saturated heterocycles. The lowest BCUT2D eigenvalue weighted by molar-refractivity contribution is -0.146. The van der Waals surface area contributed by atoms with E-state index in [2.05, 4.69) is 26.0 Å². The summed E-state index contributed by atoms with van der Waals surface area (Å²) in [5.74, 6) is -1.02. The number of likely N-dealkylation sites (tertiary alicyclic amines) is 1. The lowest BCUT2D eigenvalue weighted by atomic mass is 9.83. The van der Waals surface area contributed by atoms with E-state index < -0.39 is 12.0 Å². The number of esters is 1. The molecule has 0 aromatic rings. The Balaban J connectivity index is 1.78. The Morgan fingerprint density at radius 3 is 2.84 bits per heavy atom. The average Bonchev–Trinajstić information content (AvgIpc) is 3.11. The number of nitrogens with zero attached hydrogens (tertiary/aromatic N) is 1. The van der Waals surface area contributed by atoms with Crippen LogP contribution in [0.25, 0.3) is 0 Å². The Morgan fingerprint density at radius 1 is 1.28 bits per heavy atom. The fourth-order valence-electron chi connectivity index (χ4n) is 4.43. The molecule has 25 heavy (non-hydrogen) atoms. The van der Waals surface area contributed by atoms with E-state index in [4.69, 9.17) is 4.74 Å². The van der Waals surface area contributed by atoms with Gasteiger partial charge in [0.2, 0.25) is 0 Å². The van der Waals surface area contributed by atoms with Gasteiger partial charge in [-0.3, -0.25) is 14.5 Å². The summed E-state index contributed by atoms with van der Waals surface area (Å²) in [5.41, 5.74) is 2.63. The topological polar surface area (TPSA) is 66.8 Å². The second-order valence-electron chi connectivity index (χ2n) is 7.80. The van der Waals surface area contributed by atoms with E-state index in [-0.39, 0.29) is 23.9 Å². The first-order valence-electron chi connectivity index (χ1n) is 9.46. The maximum Gasteiger partial charge on any atom is 0.320 e. The molecule has 0 bridgehead atoms. The summed E-state index contributed by atoms with van der Waals surface area (Å²) in [6.45, 7) is 5.52. The molecule has 0 radical (unpaired) electrons. The van der Waals surface area contributed by atoms with Crippen molar-refractivity contribution in [2.75, 3.05) is 13.1 Å². The second-order valence-corrected chi connectivity index (χ2v) is 7.80. The molecule has 0 spiro atoms. The first-order chi connectivity index (χ1) is 12.0. The first kappa shape index (κ1) is 18.2. The van der Waals surface area contributed by atoms with Gasteiger partial charge in [0.05, 0.1) is 5.92 Å². The lowest BCUT2D eigenvalue weighted by Crippen LogP contribution is -2.41. The summed E-state index contributed by atoms with van der Waals surface area (Å²) < 4.78 is 5.71. The summed E-state index contributed by atoms with van der Waals surface area (Å²) >= 11 is 0. The Hall–Kier alpha value is -1.62. The summed E-state index contributed by atoms with van der Waals surface area (Å²) in [5, 5.41) is 9.40. The van der Waals surface area contributed by atoms with E-state index in [1.54, 1.807) is 0 Å². The molecule has 2 fully saturated rings. The molecule has 0 unspecified atom stereocenters. The standard InChI is InChI=1S/C20H29NO4/c1-13-5-3-6-14(2)11-18-15(9-8-13)16(20(24)25-18)12-21-10-4-7-17(21)19(22)23/h5,11,15-18H,3-4,6-10,12H2,1-2H3,(H,22,23)/b13-5-,14-11+/t15-,16-,17-,18+/m0/s1. The van der Waals surface area contributed by atoms with Gasteiger partial charge in [0, 0.05) is 12.5 Å². The van der Waals surface area contributed by atoms with Crippen LogP contribution in [-0.4, -0.2) is 47.2 Å². The molecule has 5 heteroatoms. The number of carboxylic acid groups (broad SMARTS) is 1. The maximum absolute atomic E-state index is 12.5. The highest BCUT2D eigenvalue weighted by Gasteiger charge is 2.45. The zero-order chi connectivity index (χ0) is 18.0. The molecular weight excluding hydrogens is 318 g/mol. The zero-order valence-corrected chi connectivity index (χ0v) is 15.2. The van der Waals surface area contributed by atoms with Crippen LogP contribution in [0.15, 0.2) is 23.3 Å². The van der Waals surface area contributed by atoms with Gasteiger partial charge < -0.3 is 9.84 Å². The van der Waals surface area contributed by atoms with Crippen molar-refractivity contribution in [1.82, 2.24) is 4.90 Å². The first-order valence-corrected chi connectivity index (χ1v) is 9.46. The molecule has 5 nitrogen and oxygen atoms in total. The maximum atomic E-state index is 12.5. The average molecular weight is 347 g/mol. The van der Waals surface area contributed by atoms with Gasteiger partial charge >= 0.3 is 11.9 Å². The smallest absolute Gasteiger partial charge is 0.320 e. The normalized spacial score (nSPS) is 38.2. The molecule has 3 aliphatic rings. The van der Waals surface area contributed by atoms with Gasteiger partial charge in [0.1, 0.15) is 12.1 Å². The number of ether oxygens (including phenoxy) is 1. The highest BCUT2D eigenvalue weighted by atomic mass is 16.6. The highest BCUT2D eigenvalue weighted by Crippen LogP contribution is 2.37. The Labute approximate surface area is 149 Å². The van der Waals surface area contributed by atoms with E-state index >= 15 is 0 Å². The van der Waals surface area contributed by atoms with E-state index in [1.807, 2.05) is 4.90 Å². The van der Waals surface area contributed by atoms with Crippen molar-refractivity contribution < 1.29 is 19.4 Å². The summed E-state index contributed by atoms with van der Waals surface area (Å²) in [6.07, 6.45) is 9.74. The van der Waals surface area contributed by atoms with E-state index in [0.29, 0.717) is 13.0 Å². The number of carbonyl (C=O) groups is 2. The van der Waals surface area contributed by atoms with Gasteiger partial charge in [0.15, 0.2) is 0 Å². The third-order valence-electron chi connectivity index (χ3n) is 5.93. The molecule has 1 aliphatic carbocycles.